The second-order valence-electron chi connectivity index (χ2n) is 2.73. The number of allylic oxidation sites excluding steroid dienone is 3. The van der Waals surface area contributed by atoms with Crippen LogP contribution in [0.3, 0.4) is 0 Å². The Morgan fingerprint density at radius 2 is 2.00 bits per heavy atom. The third-order valence-electron chi connectivity index (χ3n) is 1.82. The summed E-state index contributed by atoms with van der Waals surface area (Å²) in [5.41, 5.74) is 3.17. The van der Waals surface area contributed by atoms with Gasteiger partial charge in [-0.3, -0.25) is 4.98 Å². The van der Waals surface area contributed by atoms with Gasteiger partial charge in [-0.2, -0.15) is 0 Å². The Morgan fingerprint density at radius 1 is 1.33 bits per heavy atom. The van der Waals surface area contributed by atoms with Gasteiger partial charge in [0.25, 0.3) is 0 Å². The van der Waals surface area contributed by atoms with Gasteiger partial charge in [0.05, 0.1) is 5.69 Å². The van der Waals surface area contributed by atoms with E-state index in [1.54, 1.807) is 18.3 Å². The molecule has 1 heterocycles. The highest BCUT2D eigenvalue weighted by molar-refractivity contribution is 5.71. The molecule has 1 aromatic rings. The second kappa shape index (κ2) is 7.74. The molecule has 0 unspecified atom stereocenters. The van der Waals surface area contributed by atoms with E-state index in [0.717, 1.165) is 16.8 Å². The molecule has 0 saturated heterocycles. The molecule has 0 aromatic carbocycles. The minimum atomic E-state index is 0.915. The highest BCUT2D eigenvalue weighted by atomic mass is 14.7. The highest BCUT2D eigenvalue weighted by Crippen LogP contribution is 2.17. The monoisotopic (exact) mass is 201 g/mol. The molecule has 1 aromatic heterocycles. The quantitative estimate of drug-likeness (QED) is 0.663. The average Bonchev–Trinajstić information content (AvgIpc) is 2.32. The van der Waals surface area contributed by atoms with E-state index < -0.39 is 0 Å². The van der Waals surface area contributed by atoms with Crippen LogP contribution in [-0.4, -0.2) is 4.98 Å². The van der Waals surface area contributed by atoms with E-state index >= 15 is 0 Å². The lowest BCUT2D eigenvalue weighted by Crippen LogP contribution is -1.88. The molecule has 0 saturated carbocycles. The molecule has 0 N–H and O–H groups in total. The molecule has 0 fully saturated rings. The third-order valence-corrected chi connectivity index (χ3v) is 1.82. The molecule has 1 nitrogen and oxygen atoms in total. The zero-order valence-electron chi connectivity index (χ0n) is 9.83. The minimum absolute atomic E-state index is 0.915. The first-order valence-electron chi connectivity index (χ1n) is 5.16. The molecule has 15 heavy (non-hydrogen) atoms. The van der Waals surface area contributed by atoms with Crippen molar-refractivity contribution in [2.45, 2.75) is 20.8 Å². The molecular formula is C14H19N. The van der Waals surface area contributed by atoms with Gasteiger partial charge in [-0.05, 0) is 24.6 Å². The number of hydrogen-bond acceptors (Lipinski definition) is 1. The van der Waals surface area contributed by atoms with Gasteiger partial charge in [0, 0.05) is 11.8 Å². The Hall–Kier alpha value is -1.63. The topological polar surface area (TPSA) is 12.9 Å². The Balaban J connectivity index is 0.000000921. The summed E-state index contributed by atoms with van der Waals surface area (Å²) >= 11 is 0. The molecule has 0 bridgehead atoms. The van der Waals surface area contributed by atoms with Crippen LogP contribution in [0.2, 0.25) is 0 Å². The fourth-order valence-corrected chi connectivity index (χ4v) is 1.18. The normalized spacial score (nSPS) is 9.93. The van der Waals surface area contributed by atoms with Crippen molar-refractivity contribution in [3.63, 3.8) is 0 Å². The van der Waals surface area contributed by atoms with Crippen LogP contribution in [0.1, 0.15) is 32.0 Å². The van der Waals surface area contributed by atoms with Crippen molar-refractivity contribution >= 4 is 11.6 Å². The lowest BCUT2D eigenvalue weighted by Gasteiger charge is -2.03. The molecule has 0 aliphatic heterocycles. The Kier molecular flexibility index (Phi) is 6.90. The van der Waals surface area contributed by atoms with Crippen LogP contribution in [0.15, 0.2) is 43.6 Å². The fraction of sp³-hybridized carbons (Fsp3) is 0.214. The van der Waals surface area contributed by atoms with Crippen LogP contribution in [0.5, 0.6) is 0 Å². The maximum Gasteiger partial charge on any atom is 0.0698 e. The molecule has 1 rings (SSSR count). The summed E-state index contributed by atoms with van der Waals surface area (Å²) in [6.45, 7) is 13.4. The van der Waals surface area contributed by atoms with Crippen molar-refractivity contribution in [3.8, 4) is 0 Å². The first kappa shape index (κ1) is 13.4. The van der Waals surface area contributed by atoms with Crippen LogP contribution in [-0.2, 0) is 0 Å². The summed E-state index contributed by atoms with van der Waals surface area (Å²) < 4.78 is 0. The lowest BCUT2D eigenvalue weighted by molar-refractivity contribution is 1.27. The van der Waals surface area contributed by atoms with Gasteiger partial charge in [-0.25, -0.2) is 0 Å². The molecule has 0 amide bonds. The third kappa shape index (κ3) is 3.94. The van der Waals surface area contributed by atoms with E-state index in [9.17, 15) is 0 Å². The Bertz CT molecular complexity index is 348. The Labute approximate surface area is 92.9 Å². The van der Waals surface area contributed by atoms with Crippen molar-refractivity contribution in [2.75, 3.05) is 0 Å². The summed E-state index contributed by atoms with van der Waals surface area (Å²) in [5, 5.41) is 0. The van der Waals surface area contributed by atoms with Crippen LogP contribution in [0.4, 0.5) is 0 Å². The first-order valence-corrected chi connectivity index (χ1v) is 5.16. The van der Waals surface area contributed by atoms with Crippen molar-refractivity contribution in [1.82, 2.24) is 4.98 Å². The van der Waals surface area contributed by atoms with Gasteiger partial charge in [0.1, 0.15) is 0 Å². The Morgan fingerprint density at radius 3 is 2.53 bits per heavy atom. The molecule has 0 spiro atoms. The molecule has 0 atom stereocenters. The summed E-state index contributed by atoms with van der Waals surface area (Å²) in [5.74, 6) is 0. The fourth-order valence-electron chi connectivity index (χ4n) is 1.18. The van der Waals surface area contributed by atoms with Crippen molar-refractivity contribution in [2.24, 2.45) is 0 Å². The molecule has 1 heteroatoms. The number of hydrogen-bond donors (Lipinski definition) is 0. The van der Waals surface area contributed by atoms with Gasteiger partial charge in [-0.1, -0.05) is 45.2 Å². The molecule has 0 aliphatic carbocycles. The van der Waals surface area contributed by atoms with E-state index in [-0.39, 0.29) is 0 Å². The van der Waals surface area contributed by atoms with Gasteiger partial charge >= 0.3 is 0 Å². The van der Waals surface area contributed by atoms with Crippen molar-refractivity contribution < 1.29 is 0 Å². The van der Waals surface area contributed by atoms with Crippen LogP contribution in [0.25, 0.3) is 11.6 Å². The minimum Gasteiger partial charge on any atom is -0.256 e. The predicted octanol–water partition coefficient (Wildman–Crippen LogP) is 4.34. The van der Waals surface area contributed by atoms with Crippen molar-refractivity contribution in [1.29, 1.82) is 0 Å². The SMILES string of the molecule is C=C/C=C(/C)c1cccnc1C=C.CC. The lowest BCUT2D eigenvalue weighted by atomic mass is 10.1. The number of rotatable bonds is 3. The second-order valence-corrected chi connectivity index (χ2v) is 2.73. The van der Waals surface area contributed by atoms with E-state index in [0.29, 0.717) is 0 Å². The van der Waals surface area contributed by atoms with E-state index in [1.165, 1.54) is 0 Å². The van der Waals surface area contributed by atoms with Crippen LogP contribution >= 0.6 is 0 Å². The highest BCUT2D eigenvalue weighted by Gasteiger charge is 1.99. The maximum absolute atomic E-state index is 4.21. The first-order chi connectivity index (χ1) is 7.29. The zero-order valence-corrected chi connectivity index (χ0v) is 9.83. The van der Waals surface area contributed by atoms with Crippen molar-refractivity contribution in [3.05, 3.63) is 54.9 Å². The maximum atomic E-state index is 4.21. The molecule has 0 aliphatic rings. The summed E-state index contributed by atoms with van der Waals surface area (Å²) in [6, 6.07) is 3.95. The van der Waals surface area contributed by atoms with Gasteiger partial charge < -0.3 is 0 Å². The zero-order chi connectivity index (χ0) is 11.7. The van der Waals surface area contributed by atoms with Gasteiger partial charge in [-0.15, -0.1) is 0 Å². The standard InChI is InChI=1S/C12H13N.C2H6/c1-4-7-10(3)11-8-6-9-13-12(11)5-2;1-2/h4-9H,1-2H2,3H3;1-2H3/b10-7-;. The summed E-state index contributed by atoms with van der Waals surface area (Å²) in [7, 11) is 0. The molecule has 0 radical (unpaired) electrons. The van der Waals surface area contributed by atoms with Crippen LogP contribution < -0.4 is 0 Å². The van der Waals surface area contributed by atoms with Gasteiger partial charge in [0.15, 0.2) is 0 Å². The predicted molar refractivity (Wildman–Crippen MR) is 69.5 cm³/mol. The molecule has 80 valence electrons. The molecular weight excluding hydrogens is 182 g/mol. The smallest absolute Gasteiger partial charge is 0.0698 e. The number of pyridine rings is 1. The van der Waals surface area contributed by atoms with E-state index in [2.05, 4.69) is 18.1 Å². The average molecular weight is 201 g/mol. The van der Waals surface area contributed by atoms with Crippen LogP contribution in [0, 0.1) is 0 Å². The largest absolute Gasteiger partial charge is 0.256 e. The summed E-state index contributed by atoms with van der Waals surface area (Å²) in [4.78, 5) is 4.21. The number of aromatic nitrogens is 1. The van der Waals surface area contributed by atoms with Gasteiger partial charge in [0.2, 0.25) is 0 Å². The summed E-state index contributed by atoms with van der Waals surface area (Å²) in [6.07, 6.45) is 7.26. The van der Waals surface area contributed by atoms with E-state index in [4.69, 9.17) is 0 Å². The van der Waals surface area contributed by atoms with E-state index in [1.807, 2.05) is 39.0 Å². The number of nitrogens with zero attached hydrogens (tertiary/aromatic N) is 1.